The molecule has 0 spiro atoms. The lowest BCUT2D eigenvalue weighted by Crippen LogP contribution is -2.45. The van der Waals surface area contributed by atoms with Gasteiger partial charge in [-0.05, 0) is 17.7 Å². The Morgan fingerprint density at radius 3 is 2.80 bits per heavy atom. The third-order valence-electron chi connectivity index (χ3n) is 2.35. The Balaban J connectivity index is 2.01. The summed E-state index contributed by atoms with van der Waals surface area (Å²) in [4.78, 5) is 11.4. The zero-order valence-electron chi connectivity index (χ0n) is 8.20. The Hall–Kier alpha value is -1.42. The molecule has 80 valence electrons. The van der Waals surface area contributed by atoms with Gasteiger partial charge < -0.3 is 10.1 Å². The van der Waals surface area contributed by atoms with Gasteiger partial charge in [0, 0.05) is 13.0 Å². The maximum absolute atomic E-state index is 12.6. The number of amides is 1. The third-order valence-corrected chi connectivity index (χ3v) is 2.35. The number of halogens is 1. The number of hydrogen-bond donors (Lipinski definition) is 1. The molecule has 1 unspecified atom stereocenters. The van der Waals surface area contributed by atoms with Gasteiger partial charge in [0.25, 0.3) is 0 Å². The van der Waals surface area contributed by atoms with Crippen LogP contribution in [0.15, 0.2) is 24.3 Å². The van der Waals surface area contributed by atoms with Crippen molar-refractivity contribution < 1.29 is 13.9 Å². The van der Waals surface area contributed by atoms with Crippen LogP contribution in [0, 0.1) is 5.82 Å². The summed E-state index contributed by atoms with van der Waals surface area (Å²) in [6, 6.07) is 6.10. The van der Waals surface area contributed by atoms with E-state index in [1.807, 2.05) is 0 Å². The summed E-state index contributed by atoms with van der Waals surface area (Å²) < 4.78 is 17.9. The van der Waals surface area contributed by atoms with Crippen LogP contribution in [0.1, 0.15) is 5.56 Å². The van der Waals surface area contributed by atoms with Crippen molar-refractivity contribution in [3.63, 3.8) is 0 Å². The highest BCUT2D eigenvalue weighted by Crippen LogP contribution is 2.09. The molecule has 0 radical (unpaired) electrons. The highest BCUT2D eigenvalue weighted by molar-refractivity contribution is 5.81. The number of nitrogens with one attached hydrogen (secondary N) is 1. The second-order valence-electron chi connectivity index (χ2n) is 3.48. The lowest BCUT2D eigenvalue weighted by molar-refractivity contribution is -0.137. The Kier molecular flexibility index (Phi) is 2.97. The van der Waals surface area contributed by atoms with E-state index in [1.54, 1.807) is 12.1 Å². The second-order valence-corrected chi connectivity index (χ2v) is 3.48. The molecule has 0 bridgehead atoms. The molecule has 1 heterocycles. The van der Waals surface area contributed by atoms with Crippen LogP contribution >= 0.6 is 0 Å². The minimum absolute atomic E-state index is 0.0921. The summed E-state index contributed by atoms with van der Waals surface area (Å²) in [5.74, 6) is -0.363. The fourth-order valence-electron chi connectivity index (χ4n) is 1.55. The van der Waals surface area contributed by atoms with Crippen molar-refractivity contribution in [2.75, 3.05) is 13.2 Å². The molecule has 1 aromatic carbocycles. The van der Waals surface area contributed by atoms with Gasteiger partial charge in [0.05, 0.1) is 6.61 Å². The van der Waals surface area contributed by atoms with E-state index >= 15 is 0 Å². The van der Waals surface area contributed by atoms with Crippen molar-refractivity contribution in [2.24, 2.45) is 0 Å². The van der Waals surface area contributed by atoms with Crippen LogP contribution < -0.4 is 5.32 Å². The van der Waals surface area contributed by atoms with Crippen LogP contribution in [0.25, 0.3) is 0 Å². The van der Waals surface area contributed by atoms with Crippen LogP contribution in [0.4, 0.5) is 4.39 Å². The van der Waals surface area contributed by atoms with Crippen molar-refractivity contribution in [3.8, 4) is 0 Å². The van der Waals surface area contributed by atoms with Crippen molar-refractivity contribution in [1.82, 2.24) is 5.32 Å². The van der Waals surface area contributed by atoms with E-state index in [-0.39, 0.29) is 11.7 Å². The largest absolute Gasteiger partial charge is 0.366 e. The quantitative estimate of drug-likeness (QED) is 0.785. The van der Waals surface area contributed by atoms with Gasteiger partial charge in [0.1, 0.15) is 11.9 Å². The molecular formula is C11H12FNO2. The van der Waals surface area contributed by atoms with Gasteiger partial charge in [-0.1, -0.05) is 12.1 Å². The number of morpholine rings is 1. The van der Waals surface area contributed by atoms with Gasteiger partial charge in [-0.2, -0.15) is 0 Å². The van der Waals surface area contributed by atoms with E-state index in [1.165, 1.54) is 12.1 Å². The second kappa shape index (κ2) is 4.40. The normalized spacial score (nSPS) is 21.1. The zero-order valence-corrected chi connectivity index (χ0v) is 8.20. The molecule has 4 heteroatoms. The van der Waals surface area contributed by atoms with Gasteiger partial charge in [-0.25, -0.2) is 4.39 Å². The van der Waals surface area contributed by atoms with Gasteiger partial charge in [0.2, 0.25) is 5.91 Å². The smallest absolute Gasteiger partial charge is 0.249 e. The first-order valence-corrected chi connectivity index (χ1v) is 4.89. The van der Waals surface area contributed by atoms with E-state index in [0.29, 0.717) is 19.6 Å². The fourth-order valence-corrected chi connectivity index (χ4v) is 1.55. The first kappa shape index (κ1) is 10.1. The Bertz CT molecular complexity index is 350. The number of rotatable bonds is 2. The van der Waals surface area contributed by atoms with E-state index in [4.69, 9.17) is 4.74 Å². The number of ether oxygens (including phenoxy) is 1. The number of benzene rings is 1. The molecule has 1 aromatic rings. The number of carbonyl (C=O) groups is 1. The van der Waals surface area contributed by atoms with Gasteiger partial charge in [-0.3, -0.25) is 4.79 Å². The van der Waals surface area contributed by atoms with Crippen molar-refractivity contribution in [3.05, 3.63) is 35.6 Å². The SMILES string of the molecule is O=C1NCCOC1Cc1ccc(F)cc1. The number of hydrogen-bond acceptors (Lipinski definition) is 2. The Morgan fingerprint density at radius 1 is 1.40 bits per heavy atom. The molecule has 1 aliphatic heterocycles. The van der Waals surface area contributed by atoms with Crippen molar-refractivity contribution in [2.45, 2.75) is 12.5 Å². The molecule has 1 N–H and O–H groups in total. The molecule has 1 aliphatic rings. The summed E-state index contributed by atoms with van der Waals surface area (Å²) in [5.41, 5.74) is 0.901. The first-order valence-electron chi connectivity index (χ1n) is 4.89. The fraction of sp³-hybridized carbons (Fsp3) is 0.364. The van der Waals surface area contributed by atoms with Crippen LogP contribution in [-0.4, -0.2) is 25.2 Å². The number of carbonyl (C=O) groups excluding carboxylic acids is 1. The maximum Gasteiger partial charge on any atom is 0.249 e. The topological polar surface area (TPSA) is 38.3 Å². The summed E-state index contributed by atoms with van der Waals surface area (Å²) in [7, 11) is 0. The molecule has 1 atom stereocenters. The summed E-state index contributed by atoms with van der Waals surface area (Å²) in [6.45, 7) is 1.11. The van der Waals surface area contributed by atoms with E-state index in [0.717, 1.165) is 5.56 Å². The highest BCUT2D eigenvalue weighted by atomic mass is 19.1. The molecule has 3 nitrogen and oxygen atoms in total. The molecule has 1 amide bonds. The van der Waals surface area contributed by atoms with Crippen LogP contribution in [0.3, 0.4) is 0 Å². The molecule has 1 saturated heterocycles. The molecule has 0 aromatic heterocycles. The monoisotopic (exact) mass is 209 g/mol. The van der Waals surface area contributed by atoms with E-state index in [9.17, 15) is 9.18 Å². The van der Waals surface area contributed by atoms with Crippen molar-refractivity contribution >= 4 is 5.91 Å². The van der Waals surface area contributed by atoms with Crippen LogP contribution in [0.2, 0.25) is 0 Å². The minimum Gasteiger partial charge on any atom is -0.366 e. The minimum atomic E-state index is -0.441. The van der Waals surface area contributed by atoms with E-state index < -0.39 is 6.10 Å². The molecule has 1 fully saturated rings. The lowest BCUT2D eigenvalue weighted by atomic mass is 10.1. The molecule has 0 saturated carbocycles. The predicted octanol–water partition coefficient (Wildman–Crippen LogP) is 0.883. The van der Waals surface area contributed by atoms with Gasteiger partial charge in [0.15, 0.2) is 0 Å². The summed E-state index contributed by atoms with van der Waals surface area (Å²) >= 11 is 0. The standard InChI is InChI=1S/C11H12FNO2/c12-9-3-1-8(2-4-9)7-10-11(14)13-5-6-15-10/h1-4,10H,5-7H2,(H,13,14). The molecule has 0 aliphatic carbocycles. The summed E-state index contributed by atoms with van der Waals surface area (Å²) in [5, 5.41) is 2.73. The third kappa shape index (κ3) is 2.53. The molecule has 2 rings (SSSR count). The Labute approximate surface area is 87.2 Å². The van der Waals surface area contributed by atoms with Crippen molar-refractivity contribution in [1.29, 1.82) is 0 Å². The molecule has 15 heavy (non-hydrogen) atoms. The highest BCUT2D eigenvalue weighted by Gasteiger charge is 2.22. The van der Waals surface area contributed by atoms with Crippen LogP contribution in [0.5, 0.6) is 0 Å². The maximum atomic E-state index is 12.6. The average molecular weight is 209 g/mol. The first-order chi connectivity index (χ1) is 7.25. The van der Waals surface area contributed by atoms with Crippen LogP contribution in [-0.2, 0) is 16.0 Å². The zero-order chi connectivity index (χ0) is 10.7. The molecular weight excluding hydrogens is 197 g/mol. The predicted molar refractivity (Wildman–Crippen MR) is 52.9 cm³/mol. The van der Waals surface area contributed by atoms with E-state index in [2.05, 4.69) is 5.32 Å². The Morgan fingerprint density at radius 2 is 2.13 bits per heavy atom. The van der Waals surface area contributed by atoms with Gasteiger partial charge >= 0.3 is 0 Å². The lowest BCUT2D eigenvalue weighted by Gasteiger charge is -2.22. The summed E-state index contributed by atoms with van der Waals surface area (Å²) in [6.07, 6.45) is 0.0516. The van der Waals surface area contributed by atoms with Gasteiger partial charge in [-0.15, -0.1) is 0 Å². The average Bonchev–Trinajstić information content (AvgIpc) is 2.25.